The normalized spacial score (nSPS) is 24.9. The Kier molecular flexibility index (Phi) is 13.2. The molecule has 5 rings (SSSR count). The standard InChI is InChI=1S/C24H28ClN3O5.4H2S/c25-17-11-28(20-18(29)12-33-21(17)20)24(32)19(13-3-1-2-4-13)27-23(31)15-7-9-16(10-8-15)26-22(30)14-5-6-14;;;;/h7-10,13-14,17,19-21H,1-6,11-12H2,(H,26,30)(H,27,31);4*1H2/t17-,19-,20+,21+;;;;/m0..../s1. The van der Waals surface area contributed by atoms with Gasteiger partial charge in [0.05, 0.1) is 5.38 Å². The third kappa shape index (κ3) is 7.33. The molecule has 2 heterocycles. The van der Waals surface area contributed by atoms with E-state index in [2.05, 4.69) is 10.6 Å². The number of halogens is 1. The molecular formula is C24H36ClN3O5S4. The van der Waals surface area contributed by atoms with Gasteiger partial charge in [-0.15, -0.1) is 11.6 Å². The topological polar surface area (TPSA) is 105 Å². The molecule has 1 aromatic carbocycles. The number of anilines is 1. The molecule has 2 saturated carbocycles. The molecule has 2 saturated heterocycles. The Morgan fingerprint density at radius 3 is 2.19 bits per heavy atom. The lowest BCUT2D eigenvalue weighted by atomic mass is 9.95. The number of Topliss-reactive ketones (excluding diaryl/α,β-unsaturated/α-hetero) is 1. The number of nitrogens with one attached hydrogen (secondary N) is 2. The van der Waals surface area contributed by atoms with E-state index in [0.717, 1.165) is 38.5 Å². The number of likely N-dealkylation sites (tertiary alicyclic amines) is 1. The summed E-state index contributed by atoms with van der Waals surface area (Å²) in [6.07, 6.45) is 5.06. The van der Waals surface area contributed by atoms with Gasteiger partial charge in [-0.1, -0.05) is 12.8 Å². The van der Waals surface area contributed by atoms with Crippen LogP contribution in [0, 0.1) is 11.8 Å². The fourth-order valence-corrected chi connectivity index (χ4v) is 5.55. The molecule has 3 amide bonds. The molecule has 2 aliphatic heterocycles. The van der Waals surface area contributed by atoms with Crippen LogP contribution in [0.3, 0.4) is 0 Å². The van der Waals surface area contributed by atoms with Crippen molar-refractivity contribution in [3.63, 3.8) is 0 Å². The van der Waals surface area contributed by atoms with Crippen molar-refractivity contribution in [1.82, 2.24) is 10.2 Å². The molecule has 8 nitrogen and oxygen atoms in total. The van der Waals surface area contributed by atoms with Gasteiger partial charge in [0.25, 0.3) is 5.91 Å². The number of nitrogens with zero attached hydrogens (tertiary/aromatic N) is 1. The van der Waals surface area contributed by atoms with Gasteiger partial charge in [-0.2, -0.15) is 54.0 Å². The molecule has 37 heavy (non-hydrogen) atoms. The minimum Gasteiger partial charge on any atom is -0.366 e. The molecule has 4 atom stereocenters. The van der Waals surface area contributed by atoms with Crippen LogP contribution in [0.4, 0.5) is 5.69 Å². The third-order valence-corrected chi connectivity index (χ3v) is 7.58. The lowest BCUT2D eigenvalue weighted by Crippen LogP contribution is -2.54. The Morgan fingerprint density at radius 1 is 0.973 bits per heavy atom. The van der Waals surface area contributed by atoms with Gasteiger partial charge in [0, 0.05) is 23.7 Å². The first-order chi connectivity index (χ1) is 15.9. The number of fused-ring (bicyclic) bond motifs is 1. The van der Waals surface area contributed by atoms with E-state index in [0.29, 0.717) is 11.3 Å². The summed E-state index contributed by atoms with van der Waals surface area (Å²) in [5.74, 6) is -0.638. The van der Waals surface area contributed by atoms with Crippen molar-refractivity contribution in [2.75, 3.05) is 18.5 Å². The van der Waals surface area contributed by atoms with Gasteiger partial charge in [-0.3, -0.25) is 19.2 Å². The molecule has 2 aliphatic carbocycles. The number of benzene rings is 1. The van der Waals surface area contributed by atoms with E-state index in [9.17, 15) is 19.2 Å². The minimum atomic E-state index is -0.717. The Balaban J connectivity index is 0.00000171. The van der Waals surface area contributed by atoms with Crippen molar-refractivity contribution in [3.05, 3.63) is 29.8 Å². The van der Waals surface area contributed by atoms with Crippen molar-refractivity contribution in [3.8, 4) is 0 Å². The number of alkyl halides is 1. The zero-order chi connectivity index (χ0) is 23.1. The van der Waals surface area contributed by atoms with Gasteiger partial charge in [-0.05, 0) is 55.9 Å². The lowest BCUT2D eigenvalue weighted by Gasteiger charge is -2.30. The number of rotatable bonds is 6. The van der Waals surface area contributed by atoms with E-state index in [-0.39, 0.29) is 102 Å². The number of ether oxygens (including phenoxy) is 1. The molecule has 0 aromatic heterocycles. The average Bonchev–Trinajstić information content (AvgIpc) is 3.23. The van der Waals surface area contributed by atoms with E-state index < -0.39 is 23.6 Å². The lowest BCUT2D eigenvalue weighted by molar-refractivity contribution is -0.139. The van der Waals surface area contributed by atoms with Crippen LogP contribution in [0.25, 0.3) is 0 Å². The molecule has 208 valence electrons. The maximum absolute atomic E-state index is 13.6. The first-order valence-corrected chi connectivity index (χ1v) is 12.2. The monoisotopic (exact) mass is 609 g/mol. The Hall–Kier alpha value is -1.05. The summed E-state index contributed by atoms with van der Waals surface area (Å²) in [6, 6.07) is 5.28. The van der Waals surface area contributed by atoms with Gasteiger partial charge in [-0.25, -0.2) is 0 Å². The zero-order valence-corrected chi connectivity index (χ0v) is 25.1. The van der Waals surface area contributed by atoms with Crippen LogP contribution in [-0.2, 0) is 19.1 Å². The van der Waals surface area contributed by atoms with Crippen LogP contribution < -0.4 is 10.6 Å². The summed E-state index contributed by atoms with van der Waals surface area (Å²) >= 11 is 6.37. The molecular weight excluding hydrogens is 574 g/mol. The van der Waals surface area contributed by atoms with Gasteiger partial charge >= 0.3 is 0 Å². The van der Waals surface area contributed by atoms with Crippen LogP contribution in [0.15, 0.2) is 24.3 Å². The summed E-state index contributed by atoms with van der Waals surface area (Å²) in [4.78, 5) is 52.4. The molecule has 1 aromatic rings. The highest BCUT2D eigenvalue weighted by molar-refractivity contribution is 7.59. The zero-order valence-electron chi connectivity index (χ0n) is 20.3. The summed E-state index contributed by atoms with van der Waals surface area (Å²) in [5, 5.41) is 5.35. The van der Waals surface area contributed by atoms with Crippen molar-refractivity contribution in [1.29, 1.82) is 0 Å². The maximum atomic E-state index is 13.6. The second-order valence-electron chi connectivity index (χ2n) is 9.53. The Bertz CT molecular complexity index is 976. The highest BCUT2D eigenvalue weighted by Crippen LogP contribution is 2.34. The fraction of sp³-hybridized carbons (Fsp3) is 0.583. The second kappa shape index (κ2) is 14.4. The molecule has 0 bridgehead atoms. The van der Waals surface area contributed by atoms with E-state index in [1.54, 1.807) is 24.3 Å². The summed E-state index contributed by atoms with van der Waals surface area (Å²) in [5.41, 5.74) is 1.05. The van der Waals surface area contributed by atoms with Crippen LogP contribution >= 0.6 is 65.6 Å². The fourth-order valence-electron chi connectivity index (χ4n) is 5.19. The third-order valence-electron chi connectivity index (χ3n) is 7.19. The maximum Gasteiger partial charge on any atom is 0.251 e. The molecule has 4 aliphatic rings. The van der Waals surface area contributed by atoms with Crippen molar-refractivity contribution in [2.24, 2.45) is 11.8 Å². The number of amides is 3. The van der Waals surface area contributed by atoms with Crippen LogP contribution in [0.5, 0.6) is 0 Å². The molecule has 0 radical (unpaired) electrons. The first-order valence-electron chi connectivity index (χ1n) is 11.7. The molecule has 4 fully saturated rings. The average molecular weight is 610 g/mol. The van der Waals surface area contributed by atoms with Crippen LogP contribution in [0.1, 0.15) is 48.9 Å². The number of carbonyl (C=O) groups excluding carboxylic acids is 4. The molecule has 0 spiro atoms. The van der Waals surface area contributed by atoms with Gasteiger partial charge < -0.3 is 20.3 Å². The van der Waals surface area contributed by atoms with Crippen molar-refractivity contribution >= 4 is 94.8 Å². The predicted molar refractivity (Wildman–Crippen MR) is 162 cm³/mol. The Morgan fingerprint density at radius 2 is 1.59 bits per heavy atom. The summed E-state index contributed by atoms with van der Waals surface area (Å²) < 4.78 is 5.50. The molecule has 0 unspecified atom stereocenters. The van der Waals surface area contributed by atoms with E-state index in [1.165, 1.54) is 4.90 Å². The minimum absolute atomic E-state index is 0. The van der Waals surface area contributed by atoms with E-state index in [1.807, 2.05) is 0 Å². The second-order valence-corrected chi connectivity index (χ2v) is 10.1. The molecule has 2 N–H and O–H groups in total. The van der Waals surface area contributed by atoms with Crippen molar-refractivity contribution in [2.45, 2.75) is 62.1 Å². The van der Waals surface area contributed by atoms with E-state index >= 15 is 0 Å². The summed E-state index contributed by atoms with van der Waals surface area (Å²) in [6.45, 7) is 0.197. The first kappa shape index (κ1) is 34.0. The highest BCUT2D eigenvalue weighted by Gasteiger charge is 2.53. The SMILES string of the molecule is O=C(N[C@H](C(=O)N1C[C@H](Cl)[C@H]2OCC(=O)[C@H]21)C1CCCC1)c1ccc(NC(=O)C2CC2)cc1.S.S.S.S. The number of hydrogen-bond acceptors (Lipinski definition) is 5. The molecule has 13 heteroatoms. The number of ketones is 1. The Labute approximate surface area is 250 Å². The van der Waals surface area contributed by atoms with Gasteiger partial charge in [0.1, 0.15) is 24.8 Å². The van der Waals surface area contributed by atoms with Crippen LogP contribution in [0.2, 0.25) is 0 Å². The smallest absolute Gasteiger partial charge is 0.251 e. The van der Waals surface area contributed by atoms with Crippen LogP contribution in [-0.4, -0.2) is 65.1 Å². The number of carbonyl (C=O) groups is 4. The van der Waals surface area contributed by atoms with Gasteiger partial charge in [0.2, 0.25) is 11.8 Å². The van der Waals surface area contributed by atoms with Crippen molar-refractivity contribution < 1.29 is 23.9 Å². The van der Waals surface area contributed by atoms with Gasteiger partial charge in [0.15, 0.2) is 5.78 Å². The highest BCUT2D eigenvalue weighted by atomic mass is 35.5. The predicted octanol–water partition coefficient (Wildman–Crippen LogP) is 2.56. The van der Waals surface area contributed by atoms with E-state index in [4.69, 9.17) is 16.3 Å². The summed E-state index contributed by atoms with van der Waals surface area (Å²) in [7, 11) is 0. The quantitative estimate of drug-likeness (QED) is 0.483. The largest absolute Gasteiger partial charge is 0.366 e. The number of hydrogen-bond donors (Lipinski definition) is 2.